The lowest BCUT2D eigenvalue weighted by molar-refractivity contribution is -0.120. The third kappa shape index (κ3) is 4.18. The molecular weight excluding hydrogens is 198 g/mol. The number of aryl methyl sites for hydroxylation is 1. The summed E-state index contributed by atoms with van der Waals surface area (Å²) in [6, 6.07) is 7.94. The van der Waals surface area contributed by atoms with E-state index in [9.17, 15) is 4.79 Å². The molecule has 0 heterocycles. The molecule has 0 aliphatic carbocycles. The molecule has 0 aromatic heterocycles. The van der Waals surface area contributed by atoms with E-state index in [0.29, 0.717) is 13.0 Å². The molecule has 0 saturated heterocycles. The van der Waals surface area contributed by atoms with Crippen molar-refractivity contribution in [3.63, 3.8) is 0 Å². The van der Waals surface area contributed by atoms with Crippen LogP contribution in [0.25, 0.3) is 0 Å². The maximum Gasteiger partial charge on any atom is 0.224 e. The maximum absolute atomic E-state index is 11.6. The zero-order valence-corrected chi connectivity index (χ0v) is 9.84. The van der Waals surface area contributed by atoms with Crippen molar-refractivity contribution in [2.75, 3.05) is 6.54 Å². The minimum Gasteiger partial charge on any atom is -0.355 e. The number of rotatable bonds is 4. The molecule has 1 amide bonds. The third-order valence-corrected chi connectivity index (χ3v) is 2.36. The smallest absolute Gasteiger partial charge is 0.224 e. The predicted molar refractivity (Wildman–Crippen MR) is 66.0 cm³/mol. The first-order valence-corrected chi connectivity index (χ1v) is 5.45. The Labute approximate surface area is 97.1 Å². The molecule has 0 fully saturated rings. The molecule has 0 spiro atoms. The van der Waals surface area contributed by atoms with Gasteiger partial charge in [0.05, 0.1) is 6.42 Å². The van der Waals surface area contributed by atoms with E-state index in [1.807, 2.05) is 31.2 Å². The Hall–Kier alpha value is -1.75. The van der Waals surface area contributed by atoms with Crippen molar-refractivity contribution in [1.29, 1.82) is 0 Å². The Balaban J connectivity index is 2.39. The number of amides is 1. The zero-order chi connectivity index (χ0) is 11.8. The van der Waals surface area contributed by atoms with Gasteiger partial charge in [-0.15, -0.1) is 11.8 Å². The third-order valence-electron chi connectivity index (χ3n) is 2.36. The summed E-state index contributed by atoms with van der Waals surface area (Å²) in [6.45, 7) is 4.45. The van der Waals surface area contributed by atoms with Crippen LogP contribution in [0.1, 0.15) is 24.5 Å². The molecule has 84 valence electrons. The largest absolute Gasteiger partial charge is 0.355 e. The molecule has 0 bridgehead atoms. The van der Waals surface area contributed by atoms with Crippen molar-refractivity contribution in [2.45, 2.75) is 26.7 Å². The lowest BCUT2D eigenvalue weighted by Gasteiger charge is -2.05. The number of hydrogen-bond acceptors (Lipinski definition) is 1. The second kappa shape index (κ2) is 6.68. The van der Waals surface area contributed by atoms with Gasteiger partial charge in [-0.1, -0.05) is 24.3 Å². The van der Waals surface area contributed by atoms with E-state index in [-0.39, 0.29) is 5.91 Å². The molecule has 1 rings (SSSR count). The molecule has 1 aromatic carbocycles. The first-order chi connectivity index (χ1) is 7.74. The molecule has 2 heteroatoms. The summed E-state index contributed by atoms with van der Waals surface area (Å²) >= 11 is 0. The van der Waals surface area contributed by atoms with E-state index in [2.05, 4.69) is 17.2 Å². The number of carbonyl (C=O) groups is 1. The summed E-state index contributed by atoms with van der Waals surface area (Å²) in [7, 11) is 0. The monoisotopic (exact) mass is 215 g/mol. The lowest BCUT2D eigenvalue weighted by atomic mass is 10.1. The lowest BCUT2D eigenvalue weighted by Crippen LogP contribution is -2.26. The molecule has 0 saturated carbocycles. The van der Waals surface area contributed by atoms with Gasteiger partial charge in [-0.25, -0.2) is 0 Å². The fraction of sp³-hybridized carbons (Fsp3) is 0.357. The number of hydrogen-bond donors (Lipinski definition) is 1. The van der Waals surface area contributed by atoms with Crippen molar-refractivity contribution < 1.29 is 4.79 Å². The first-order valence-electron chi connectivity index (χ1n) is 5.45. The molecule has 0 atom stereocenters. The number of benzene rings is 1. The van der Waals surface area contributed by atoms with Crippen molar-refractivity contribution in [3.05, 3.63) is 35.4 Å². The minimum atomic E-state index is 0.0622. The Morgan fingerprint density at radius 1 is 1.38 bits per heavy atom. The van der Waals surface area contributed by atoms with Crippen LogP contribution in [0.15, 0.2) is 24.3 Å². The Morgan fingerprint density at radius 3 is 2.81 bits per heavy atom. The summed E-state index contributed by atoms with van der Waals surface area (Å²) < 4.78 is 0. The van der Waals surface area contributed by atoms with Gasteiger partial charge < -0.3 is 5.32 Å². The SMILES string of the molecule is CC#CCCNC(=O)Cc1ccccc1C. The molecule has 0 unspecified atom stereocenters. The van der Waals surface area contributed by atoms with Crippen LogP contribution in [0.5, 0.6) is 0 Å². The first kappa shape index (κ1) is 12.3. The van der Waals surface area contributed by atoms with Crippen LogP contribution >= 0.6 is 0 Å². The van der Waals surface area contributed by atoms with Crippen LogP contribution in [-0.2, 0) is 11.2 Å². The molecule has 2 nitrogen and oxygen atoms in total. The molecule has 0 aliphatic heterocycles. The average molecular weight is 215 g/mol. The minimum absolute atomic E-state index is 0.0622. The Bertz CT molecular complexity index is 412. The van der Waals surface area contributed by atoms with Gasteiger partial charge in [0, 0.05) is 13.0 Å². The van der Waals surface area contributed by atoms with E-state index in [0.717, 1.165) is 17.5 Å². The van der Waals surface area contributed by atoms with Crippen LogP contribution in [-0.4, -0.2) is 12.5 Å². The van der Waals surface area contributed by atoms with E-state index in [1.165, 1.54) is 0 Å². The fourth-order valence-corrected chi connectivity index (χ4v) is 1.43. The summed E-state index contributed by atoms with van der Waals surface area (Å²) in [4.78, 5) is 11.6. The van der Waals surface area contributed by atoms with Crippen LogP contribution in [0.4, 0.5) is 0 Å². The van der Waals surface area contributed by atoms with Gasteiger partial charge in [0.2, 0.25) is 5.91 Å². The van der Waals surface area contributed by atoms with E-state index in [4.69, 9.17) is 0 Å². The Morgan fingerprint density at radius 2 is 2.12 bits per heavy atom. The van der Waals surface area contributed by atoms with Gasteiger partial charge in [-0.05, 0) is 25.0 Å². The van der Waals surface area contributed by atoms with Gasteiger partial charge in [-0.2, -0.15) is 0 Å². The van der Waals surface area contributed by atoms with Crippen LogP contribution in [0.3, 0.4) is 0 Å². The highest BCUT2D eigenvalue weighted by Gasteiger charge is 2.03. The van der Waals surface area contributed by atoms with Crippen LogP contribution in [0.2, 0.25) is 0 Å². The second-order valence-electron chi connectivity index (χ2n) is 3.63. The Kier molecular flexibility index (Phi) is 5.15. The topological polar surface area (TPSA) is 29.1 Å². The molecule has 1 N–H and O–H groups in total. The number of carbonyl (C=O) groups excluding carboxylic acids is 1. The summed E-state index contributed by atoms with van der Waals surface area (Å²) in [5.41, 5.74) is 2.24. The van der Waals surface area contributed by atoms with Crippen LogP contribution < -0.4 is 5.32 Å². The molecular formula is C14H17NO. The van der Waals surface area contributed by atoms with Crippen molar-refractivity contribution >= 4 is 5.91 Å². The number of nitrogens with one attached hydrogen (secondary N) is 1. The fourth-order valence-electron chi connectivity index (χ4n) is 1.43. The zero-order valence-electron chi connectivity index (χ0n) is 9.84. The summed E-state index contributed by atoms with van der Waals surface area (Å²) in [5.74, 6) is 5.78. The second-order valence-corrected chi connectivity index (χ2v) is 3.63. The molecule has 1 aromatic rings. The van der Waals surface area contributed by atoms with Crippen LogP contribution in [0, 0.1) is 18.8 Å². The molecule has 0 aliphatic rings. The van der Waals surface area contributed by atoms with Crippen molar-refractivity contribution in [2.24, 2.45) is 0 Å². The highest BCUT2D eigenvalue weighted by atomic mass is 16.1. The maximum atomic E-state index is 11.6. The summed E-state index contributed by atoms with van der Waals surface area (Å²) in [5, 5.41) is 2.85. The van der Waals surface area contributed by atoms with Crippen molar-refractivity contribution in [3.8, 4) is 11.8 Å². The predicted octanol–water partition coefficient (Wildman–Crippen LogP) is 2.07. The normalized spacial score (nSPS) is 9.12. The molecule has 0 radical (unpaired) electrons. The highest BCUT2D eigenvalue weighted by molar-refractivity contribution is 5.78. The highest BCUT2D eigenvalue weighted by Crippen LogP contribution is 2.07. The van der Waals surface area contributed by atoms with E-state index < -0.39 is 0 Å². The van der Waals surface area contributed by atoms with E-state index >= 15 is 0 Å². The molecule has 16 heavy (non-hydrogen) atoms. The standard InChI is InChI=1S/C14H17NO/c1-3-4-7-10-15-14(16)11-13-9-6-5-8-12(13)2/h5-6,8-9H,7,10-11H2,1-2H3,(H,15,16). The van der Waals surface area contributed by atoms with Gasteiger partial charge in [0.1, 0.15) is 0 Å². The van der Waals surface area contributed by atoms with Gasteiger partial charge in [-0.3, -0.25) is 4.79 Å². The van der Waals surface area contributed by atoms with Gasteiger partial charge in [0.15, 0.2) is 0 Å². The average Bonchev–Trinajstić information content (AvgIpc) is 2.28. The van der Waals surface area contributed by atoms with Gasteiger partial charge in [0.25, 0.3) is 0 Å². The quantitative estimate of drug-likeness (QED) is 0.604. The van der Waals surface area contributed by atoms with E-state index in [1.54, 1.807) is 6.92 Å². The van der Waals surface area contributed by atoms with Gasteiger partial charge >= 0.3 is 0 Å². The summed E-state index contributed by atoms with van der Waals surface area (Å²) in [6.07, 6.45) is 1.17. The van der Waals surface area contributed by atoms with Crippen molar-refractivity contribution in [1.82, 2.24) is 5.32 Å².